The van der Waals surface area contributed by atoms with Crippen LogP contribution in [0.4, 0.5) is 4.79 Å². The van der Waals surface area contributed by atoms with Crippen LogP contribution in [0, 0.1) is 0 Å². The third kappa shape index (κ3) is 7.05. The maximum atomic E-state index is 12.9. The predicted octanol–water partition coefficient (Wildman–Crippen LogP) is 4.08. The fourth-order valence-electron chi connectivity index (χ4n) is 4.14. The van der Waals surface area contributed by atoms with Crippen molar-refractivity contribution in [3.05, 3.63) is 59.7 Å². The SMILES string of the molecule is CC(C)(CC(=O)O)NC(=O)[C@H](COC(C)(C)C)NC(=O)OCC1c2ccccc2-c2ccccc21. The number of fused-ring (bicyclic) bond motifs is 3. The average Bonchev–Trinajstić information content (AvgIpc) is 3.07. The van der Waals surface area contributed by atoms with Crippen LogP contribution in [0.25, 0.3) is 11.1 Å². The van der Waals surface area contributed by atoms with Gasteiger partial charge in [-0.1, -0.05) is 48.5 Å². The van der Waals surface area contributed by atoms with E-state index in [-0.39, 0.29) is 25.6 Å². The van der Waals surface area contributed by atoms with Crippen molar-refractivity contribution >= 4 is 18.0 Å². The number of carbonyl (C=O) groups excluding carboxylic acids is 2. The second kappa shape index (κ2) is 10.5. The molecule has 0 unspecified atom stereocenters. The number of rotatable bonds is 9. The Balaban J connectivity index is 1.68. The zero-order valence-corrected chi connectivity index (χ0v) is 20.9. The van der Waals surface area contributed by atoms with Gasteiger partial charge in [0, 0.05) is 11.5 Å². The quantitative estimate of drug-likeness (QED) is 0.496. The van der Waals surface area contributed by atoms with E-state index in [4.69, 9.17) is 14.6 Å². The van der Waals surface area contributed by atoms with Crippen LogP contribution < -0.4 is 10.6 Å². The van der Waals surface area contributed by atoms with Crippen molar-refractivity contribution in [2.24, 2.45) is 0 Å². The van der Waals surface area contributed by atoms with Gasteiger partial charge in [-0.2, -0.15) is 0 Å². The Hall–Kier alpha value is -3.39. The molecule has 0 spiro atoms. The molecule has 0 aromatic heterocycles. The van der Waals surface area contributed by atoms with E-state index in [0.29, 0.717) is 0 Å². The second-order valence-corrected chi connectivity index (χ2v) is 10.4. The molecule has 0 heterocycles. The Morgan fingerprint density at radius 3 is 2.00 bits per heavy atom. The normalized spacial score (nSPS) is 14.0. The summed E-state index contributed by atoms with van der Waals surface area (Å²) >= 11 is 0. The molecule has 0 saturated carbocycles. The van der Waals surface area contributed by atoms with Crippen molar-refractivity contribution in [1.29, 1.82) is 0 Å². The van der Waals surface area contributed by atoms with Crippen molar-refractivity contribution in [2.75, 3.05) is 13.2 Å². The highest BCUT2D eigenvalue weighted by atomic mass is 16.5. The van der Waals surface area contributed by atoms with E-state index in [0.717, 1.165) is 22.3 Å². The highest BCUT2D eigenvalue weighted by molar-refractivity contribution is 5.87. The van der Waals surface area contributed by atoms with Gasteiger partial charge in [-0.05, 0) is 56.9 Å². The largest absolute Gasteiger partial charge is 0.481 e. The van der Waals surface area contributed by atoms with Gasteiger partial charge in [0.1, 0.15) is 12.6 Å². The molecule has 3 rings (SSSR count). The zero-order chi connectivity index (χ0) is 25.8. The first-order valence-corrected chi connectivity index (χ1v) is 11.7. The van der Waals surface area contributed by atoms with Crippen LogP contribution in [0.5, 0.6) is 0 Å². The third-order valence-corrected chi connectivity index (χ3v) is 5.69. The van der Waals surface area contributed by atoms with Crippen LogP contribution in [0.3, 0.4) is 0 Å². The smallest absolute Gasteiger partial charge is 0.407 e. The van der Waals surface area contributed by atoms with E-state index in [2.05, 4.69) is 22.8 Å². The Labute approximate surface area is 206 Å². The lowest BCUT2D eigenvalue weighted by molar-refractivity contribution is -0.139. The van der Waals surface area contributed by atoms with Gasteiger partial charge < -0.3 is 25.2 Å². The number of alkyl carbamates (subject to hydrolysis) is 1. The molecule has 188 valence electrons. The van der Waals surface area contributed by atoms with E-state index in [1.54, 1.807) is 13.8 Å². The van der Waals surface area contributed by atoms with Crippen molar-refractivity contribution in [2.45, 2.75) is 64.1 Å². The molecule has 1 aliphatic carbocycles. The molecule has 3 N–H and O–H groups in total. The monoisotopic (exact) mass is 482 g/mol. The number of ether oxygens (including phenoxy) is 2. The summed E-state index contributed by atoms with van der Waals surface area (Å²) in [5.41, 5.74) is 2.86. The number of carboxylic acid groups (broad SMARTS) is 1. The van der Waals surface area contributed by atoms with E-state index >= 15 is 0 Å². The van der Waals surface area contributed by atoms with Gasteiger partial charge >= 0.3 is 12.1 Å². The molecule has 8 nitrogen and oxygen atoms in total. The molecule has 0 fully saturated rings. The van der Waals surface area contributed by atoms with E-state index in [1.807, 2.05) is 57.2 Å². The van der Waals surface area contributed by atoms with Crippen LogP contribution in [-0.2, 0) is 19.1 Å². The van der Waals surface area contributed by atoms with Crippen LogP contribution in [0.15, 0.2) is 48.5 Å². The highest BCUT2D eigenvalue weighted by Gasteiger charge is 2.32. The van der Waals surface area contributed by atoms with Gasteiger partial charge in [-0.15, -0.1) is 0 Å². The minimum Gasteiger partial charge on any atom is -0.481 e. The van der Waals surface area contributed by atoms with Gasteiger partial charge in [-0.3, -0.25) is 9.59 Å². The first-order valence-electron chi connectivity index (χ1n) is 11.7. The molecule has 2 aromatic rings. The van der Waals surface area contributed by atoms with Gasteiger partial charge in [-0.25, -0.2) is 4.79 Å². The van der Waals surface area contributed by atoms with Crippen LogP contribution in [0.1, 0.15) is 58.1 Å². The summed E-state index contributed by atoms with van der Waals surface area (Å²) in [4.78, 5) is 36.8. The molecule has 0 aliphatic heterocycles. The maximum absolute atomic E-state index is 12.9. The topological polar surface area (TPSA) is 114 Å². The summed E-state index contributed by atoms with van der Waals surface area (Å²) < 4.78 is 11.3. The van der Waals surface area contributed by atoms with Crippen LogP contribution >= 0.6 is 0 Å². The van der Waals surface area contributed by atoms with Crippen molar-refractivity contribution in [1.82, 2.24) is 10.6 Å². The number of carboxylic acids is 1. The zero-order valence-electron chi connectivity index (χ0n) is 20.9. The minimum atomic E-state index is -1.06. The number of aliphatic carboxylic acids is 1. The van der Waals surface area contributed by atoms with Gasteiger partial charge in [0.2, 0.25) is 5.91 Å². The number of hydrogen-bond acceptors (Lipinski definition) is 5. The standard InChI is InChI=1S/C27H34N2O6/c1-26(2,3)35-16-22(24(32)29-27(4,5)14-23(30)31)28-25(33)34-15-21-19-12-8-6-10-17(19)18-11-7-9-13-20(18)21/h6-13,21-22H,14-16H2,1-5H3,(H,28,33)(H,29,32)(H,30,31)/t22-/m0/s1. The van der Waals surface area contributed by atoms with Crippen LogP contribution in [-0.4, -0.2) is 53.5 Å². The minimum absolute atomic E-state index is 0.0946. The van der Waals surface area contributed by atoms with Crippen molar-refractivity contribution < 1.29 is 29.0 Å². The Bertz CT molecular complexity index is 1040. The Morgan fingerprint density at radius 1 is 0.943 bits per heavy atom. The first kappa shape index (κ1) is 26.2. The number of hydrogen-bond donors (Lipinski definition) is 3. The summed E-state index contributed by atoms with van der Waals surface area (Å²) in [6.07, 6.45) is -1.02. The Morgan fingerprint density at radius 2 is 1.49 bits per heavy atom. The molecule has 8 heteroatoms. The summed E-state index contributed by atoms with van der Waals surface area (Å²) in [5, 5.41) is 14.4. The lowest BCUT2D eigenvalue weighted by Gasteiger charge is -2.29. The molecule has 0 bridgehead atoms. The fourth-order valence-corrected chi connectivity index (χ4v) is 4.14. The first-order chi connectivity index (χ1) is 16.4. The number of benzene rings is 2. The molecular weight excluding hydrogens is 448 g/mol. The number of nitrogens with one attached hydrogen (secondary N) is 2. The van der Waals surface area contributed by atoms with E-state index < -0.39 is 35.2 Å². The summed E-state index contributed by atoms with van der Waals surface area (Å²) in [5.74, 6) is -1.70. The molecule has 1 aliphatic rings. The van der Waals surface area contributed by atoms with Gasteiger partial charge in [0.25, 0.3) is 0 Å². The lowest BCUT2D eigenvalue weighted by Crippen LogP contribution is -2.56. The lowest BCUT2D eigenvalue weighted by atomic mass is 9.98. The van der Waals surface area contributed by atoms with E-state index in [1.165, 1.54) is 0 Å². The van der Waals surface area contributed by atoms with Crippen molar-refractivity contribution in [3.8, 4) is 11.1 Å². The Kier molecular flexibility index (Phi) is 7.85. The summed E-state index contributed by atoms with van der Waals surface area (Å²) in [7, 11) is 0. The summed E-state index contributed by atoms with van der Waals surface area (Å²) in [6, 6.07) is 15.0. The molecule has 35 heavy (non-hydrogen) atoms. The molecular formula is C27H34N2O6. The molecule has 0 saturated heterocycles. The second-order valence-electron chi connectivity index (χ2n) is 10.4. The number of carbonyl (C=O) groups is 3. The van der Waals surface area contributed by atoms with Gasteiger partial charge in [0.05, 0.1) is 18.6 Å². The molecule has 2 aromatic carbocycles. The van der Waals surface area contributed by atoms with Crippen molar-refractivity contribution in [3.63, 3.8) is 0 Å². The molecule has 2 amide bonds. The highest BCUT2D eigenvalue weighted by Crippen LogP contribution is 2.44. The average molecular weight is 483 g/mol. The number of amides is 2. The third-order valence-electron chi connectivity index (χ3n) is 5.69. The predicted molar refractivity (Wildman–Crippen MR) is 132 cm³/mol. The molecule has 0 radical (unpaired) electrons. The van der Waals surface area contributed by atoms with E-state index in [9.17, 15) is 14.4 Å². The fraction of sp³-hybridized carbons (Fsp3) is 0.444. The molecule has 1 atom stereocenters. The summed E-state index contributed by atoms with van der Waals surface area (Å²) in [6.45, 7) is 8.74. The maximum Gasteiger partial charge on any atom is 0.407 e. The van der Waals surface area contributed by atoms with Crippen LogP contribution in [0.2, 0.25) is 0 Å². The van der Waals surface area contributed by atoms with Gasteiger partial charge in [0.15, 0.2) is 0 Å².